The molecule has 1 fully saturated rings. The second kappa shape index (κ2) is 10.9. The fourth-order valence-electron chi connectivity index (χ4n) is 3.40. The standard InChI is InChI=1S/C21H27FN4O2S.H2S/c1-21(2,25(3)29-28-19-6-4-5-17(22)15-19)16-9-13-26(14-10-16)20(27)24-18-7-11-23-12-8-18;/h4-8,11-12,15-16H,9-10,13-14H2,1-3H3,(H,23,24,27);1H2. The number of carbonyl (C=O) groups is 1. The first kappa shape index (κ1) is 24.3. The zero-order valence-corrected chi connectivity index (χ0v) is 19.3. The molecule has 6 nitrogen and oxygen atoms in total. The number of likely N-dealkylation sites (tertiary alicyclic amines) is 1. The average Bonchev–Trinajstić information content (AvgIpc) is 2.73. The van der Waals surface area contributed by atoms with Crippen molar-refractivity contribution < 1.29 is 13.4 Å². The van der Waals surface area contributed by atoms with Gasteiger partial charge in [0.05, 0.1) is 0 Å². The van der Waals surface area contributed by atoms with Gasteiger partial charge in [0.1, 0.15) is 23.8 Å². The molecule has 2 amide bonds. The van der Waals surface area contributed by atoms with Crippen LogP contribution in [0.5, 0.6) is 5.75 Å². The van der Waals surface area contributed by atoms with E-state index in [-0.39, 0.29) is 30.9 Å². The number of anilines is 1. The summed E-state index contributed by atoms with van der Waals surface area (Å²) in [6.45, 7) is 5.75. The van der Waals surface area contributed by atoms with Gasteiger partial charge in [-0.25, -0.2) is 13.5 Å². The molecule has 3 rings (SSSR count). The molecule has 1 aromatic carbocycles. The second-order valence-corrected chi connectivity index (χ2v) is 8.56. The predicted octanol–water partition coefficient (Wildman–Crippen LogP) is 4.93. The fourth-order valence-corrected chi connectivity index (χ4v) is 4.04. The number of nitrogens with zero attached hydrogens (tertiary/aromatic N) is 3. The third-order valence-electron chi connectivity index (χ3n) is 5.57. The van der Waals surface area contributed by atoms with Gasteiger partial charge in [-0.05, 0) is 56.9 Å². The molecule has 0 radical (unpaired) electrons. The Balaban J connectivity index is 0.00000320. The van der Waals surface area contributed by atoms with Gasteiger partial charge < -0.3 is 14.4 Å². The smallest absolute Gasteiger partial charge is 0.321 e. The molecule has 1 N–H and O–H groups in total. The van der Waals surface area contributed by atoms with E-state index in [0.29, 0.717) is 24.8 Å². The molecule has 1 aliphatic rings. The van der Waals surface area contributed by atoms with Gasteiger partial charge in [-0.2, -0.15) is 13.5 Å². The third kappa shape index (κ3) is 6.26. The van der Waals surface area contributed by atoms with E-state index in [4.69, 9.17) is 4.18 Å². The summed E-state index contributed by atoms with van der Waals surface area (Å²) in [7, 11) is 1.98. The molecule has 9 heteroatoms. The summed E-state index contributed by atoms with van der Waals surface area (Å²) in [6, 6.07) is 9.60. The van der Waals surface area contributed by atoms with E-state index in [1.54, 1.807) is 36.7 Å². The molecule has 2 heterocycles. The molecule has 0 aliphatic carbocycles. The molecule has 1 aliphatic heterocycles. The van der Waals surface area contributed by atoms with E-state index < -0.39 is 0 Å². The summed E-state index contributed by atoms with van der Waals surface area (Å²) in [5.41, 5.74) is 0.601. The van der Waals surface area contributed by atoms with Crippen LogP contribution in [0.2, 0.25) is 0 Å². The Morgan fingerprint density at radius 2 is 1.93 bits per heavy atom. The Hall–Kier alpha value is -1.97. The first-order valence-electron chi connectivity index (χ1n) is 9.66. The van der Waals surface area contributed by atoms with Crippen LogP contribution >= 0.6 is 25.7 Å². The van der Waals surface area contributed by atoms with Gasteiger partial charge in [-0.15, -0.1) is 0 Å². The Morgan fingerprint density at radius 1 is 1.27 bits per heavy atom. The van der Waals surface area contributed by atoms with Gasteiger partial charge in [0.15, 0.2) is 0 Å². The summed E-state index contributed by atoms with van der Waals surface area (Å²) >= 11 is 1.22. The number of nitrogens with one attached hydrogen (secondary N) is 1. The number of piperidine rings is 1. The highest BCUT2D eigenvalue weighted by Gasteiger charge is 2.37. The zero-order valence-electron chi connectivity index (χ0n) is 17.5. The van der Waals surface area contributed by atoms with Crippen LogP contribution in [-0.4, -0.2) is 45.9 Å². The van der Waals surface area contributed by atoms with E-state index in [0.717, 1.165) is 18.5 Å². The number of aromatic nitrogens is 1. The normalized spacial score (nSPS) is 14.9. The molecule has 0 atom stereocenters. The lowest BCUT2D eigenvalue weighted by Crippen LogP contribution is -2.50. The highest BCUT2D eigenvalue weighted by Crippen LogP contribution is 2.36. The lowest BCUT2D eigenvalue weighted by atomic mass is 9.80. The van der Waals surface area contributed by atoms with Crippen molar-refractivity contribution in [1.29, 1.82) is 0 Å². The van der Waals surface area contributed by atoms with E-state index >= 15 is 0 Å². The average molecular weight is 453 g/mol. The minimum Gasteiger partial charge on any atom is -0.409 e. The summed E-state index contributed by atoms with van der Waals surface area (Å²) in [6.07, 6.45) is 5.12. The minimum atomic E-state index is -0.317. The third-order valence-corrected chi connectivity index (χ3v) is 6.53. The molecule has 0 bridgehead atoms. The number of urea groups is 1. The van der Waals surface area contributed by atoms with Gasteiger partial charge in [0.25, 0.3) is 0 Å². The van der Waals surface area contributed by atoms with Crippen LogP contribution in [0.25, 0.3) is 0 Å². The molecule has 30 heavy (non-hydrogen) atoms. The molecule has 2 aromatic rings. The summed E-state index contributed by atoms with van der Waals surface area (Å²) in [5, 5.41) is 2.91. The molecule has 0 saturated carbocycles. The van der Waals surface area contributed by atoms with Crippen LogP contribution in [0.15, 0.2) is 48.8 Å². The maximum Gasteiger partial charge on any atom is 0.321 e. The quantitative estimate of drug-likeness (QED) is 0.497. The molecule has 1 aromatic heterocycles. The lowest BCUT2D eigenvalue weighted by molar-refractivity contribution is 0.106. The van der Waals surface area contributed by atoms with Gasteiger partial charge in [-0.1, -0.05) is 6.07 Å². The molecular weight excluding hydrogens is 423 g/mol. The van der Waals surface area contributed by atoms with Gasteiger partial charge >= 0.3 is 6.03 Å². The van der Waals surface area contributed by atoms with Crippen molar-refractivity contribution in [2.75, 3.05) is 25.5 Å². The molecular formula is C21H29FN4O2S2. The van der Waals surface area contributed by atoms with Crippen molar-refractivity contribution in [3.05, 3.63) is 54.6 Å². The van der Waals surface area contributed by atoms with Crippen molar-refractivity contribution in [3.8, 4) is 5.75 Å². The van der Waals surface area contributed by atoms with Crippen LogP contribution in [0.1, 0.15) is 26.7 Å². The van der Waals surface area contributed by atoms with Crippen LogP contribution < -0.4 is 9.50 Å². The molecule has 164 valence electrons. The van der Waals surface area contributed by atoms with Crippen LogP contribution in [0, 0.1) is 11.7 Å². The predicted molar refractivity (Wildman–Crippen MR) is 124 cm³/mol. The van der Waals surface area contributed by atoms with Crippen molar-refractivity contribution in [2.24, 2.45) is 5.92 Å². The number of pyridine rings is 1. The van der Waals surface area contributed by atoms with Crippen LogP contribution in [0.3, 0.4) is 0 Å². The molecule has 0 unspecified atom stereocenters. The van der Waals surface area contributed by atoms with E-state index in [1.165, 1.54) is 24.4 Å². The lowest BCUT2D eigenvalue weighted by Gasteiger charge is -2.44. The number of benzene rings is 1. The van der Waals surface area contributed by atoms with Crippen molar-refractivity contribution in [2.45, 2.75) is 32.2 Å². The highest BCUT2D eigenvalue weighted by atomic mass is 32.2. The first-order valence-corrected chi connectivity index (χ1v) is 10.4. The summed E-state index contributed by atoms with van der Waals surface area (Å²) in [4.78, 5) is 18.3. The van der Waals surface area contributed by atoms with Gasteiger partial charge in [0, 0.05) is 49.8 Å². The fraction of sp³-hybridized carbons (Fsp3) is 0.429. The number of hydrogen-bond acceptors (Lipinski definition) is 5. The topological polar surface area (TPSA) is 57.7 Å². The largest absolute Gasteiger partial charge is 0.409 e. The van der Waals surface area contributed by atoms with Gasteiger partial charge in [-0.3, -0.25) is 4.98 Å². The molecule has 1 saturated heterocycles. The Morgan fingerprint density at radius 3 is 2.57 bits per heavy atom. The Labute approximate surface area is 189 Å². The van der Waals surface area contributed by atoms with Crippen molar-refractivity contribution in [3.63, 3.8) is 0 Å². The molecule has 0 spiro atoms. The highest BCUT2D eigenvalue weighted by molar-refractivity contribution is 7.92. The number of amides is 2. The summed E-state index contributed by atoms with van der Waals surface area (Å²) < 4.78 is 21.1. The van der Waals surface area contributed by atoms with E-state index in [9.17, 15) is 9.18 Å². The van der Waals surface area contributed by atoms with Crippen molar-refractivity contribution in [1.82, 2.24) is 14.2 Å². The monoisotopic (exact) mass is 452 g/mol. The number of rotatable bonds is 6. The van der Waals surface area contributed by atoms with Crippen LogP contribution in [-0.2, 0) is 0 Å². The second-order valence-electron chi connectivity index (χ2n) is 7.69. The maximum absolute atomic E-state index is 13.3. The Bertz CT molecular complexity index is 818. The Kier molecular flexibility index (Phi) is 8.81. The van der Waals surface area contributed by atoms with Crippen LogP contribution in [0.4, 0.5) is 14.9 Å². The van der Waals surface area contributed by atoms with E-state index in [2.05, 4.69) is 28.5 Å². The first-order chi connectivity index (χ1) is 13.9. The maximum atomic E-state index is 13.3. The van der Waals surface area contributed by atoms with Crippen molar-refractivity contribution >= 4 is 37.4 Å². The van der Waals surface area contributed by atoms with Gasteiger partial charge in [0.2, 0.25) is 0 Å². The van der Waals surface area contributed by atoms with E-state index in [1.807, 2.05) is 11.9 Å². The summed E-state index contributed by atoms with van der Waals surface area (Å²) in [5.74, 6) is 0.573. The zero-order chi connectivity index (χ0) is 20.9. The number of carbonyl (C=O) groups excluding carboxylic acids is 1. The SMILES string of the molecule is CN(SOc1cccc(F)c1)C(C)(C)C1CCN(C(=O)Nc2ccncc2)CC1.S. The minimum absolute atomic E-state index is 0. The number of hydrogen-bond donors (Lipinski definition) is 1. The number of halogens is 1.